The number of ether oxygens (including phenoxy) is 2. The van der Waals surface area contributed by atoms with Gasteiger partial charge in [-0.15, -0.1) is 12.4 Å². The fourth-order valence-electron chi connectivity index (χ4n) is 7.67. The van der Waals surface area contributed by atoms with E-state index in [9.17, 15) is 19.5 Å². The normalized spacial score (nSPS) is 25.6. The van der Waals surface area contributed by atoms with E-state index in [1.807, 2.05) is 30.4 Å². The van der Waals surface area contributed by atoms with Crippen LogP contribution in [0.25, 0.3) is 0 Å². The molecule has 3 atom stereocenters. The van der Waals surface area contributed by atoms with Crippen molar-refractivity contribution < 1.29 is 29.0 Å². The Balaban J connectivity index is 0.00000400. The quantitative estimate of drug-likeness (QED) is 0.218. The monoisotopic (exact) mass is 656 g/mol. The molecule has 2 amide bonds. The number of nitrogens with zero attached hydrogens (tertiary/aromatic N) is 2. The lowest BCUT2D eigenvalue weighted by Crippen LogP contribution is -2.35. The van der Waals surface area contributed by atoms with Crippen LogP contribution in [0.15, 0.2) is 48.6 Å². The van der Waals surface area contributed by atoms with E-state index in [0.29, 0.717) is 30.3 Å². The maximum absolute atomic E-state index is 12.8. The second-order valence-electron chi connectivity index (χ2n) is 12.7. The van der Waals surface area contributed by atoms with Gasteiger partial charge in [-0.2, -0.15) is 0 Å². The van der Waals surface area contributed by atoms with Crippen LogP contribution in [0.4, 0.5) is 0 Å². The summed E-state index contributed by atoms with van der Waals surface area (Å²) in [5.74, 6) is 0.0699. The predicted octanol–water partition coefficient (Wildman–Crippen LogP) is 6.48. The van der Waals surface area contributed by atoms with E-state index in [4.69, 9.17) is 21.1 Å². The molecule has 45 heavy (non-hydrogen) atoms. The number of aliphatic carboxylic acids is 1. The molecule has 1 heterocycles. The van der Waals surface area contributed by atoms with Crippen LogP contribution in [-0.4, -0.2) is 59.5 Å². The summed E-state index contributed by atoms with van der Waals surface area (Å²) in [5.41, 5.74) is 3.72. The molecule has 1 aliphatic heterocycles. The summed E-state index contributed by atoms with van der Waals surface area (Å²) in [6, 6.07) is 12.4. The van der Waals surface area contributed by atoms with Gasteiger partial charge in [-0.3, -0.25) is 24.2 Å². The summed E-state index contributed by atoms with van der Waals surface area (Å²) >= 11 is 6.31. The van der Waals surface area contributed by atoms with E-state index in [2.05, 4.69) is 23.1 Å². The Labute approximate surface area is 276 Å². The van der Waals surface area contributed by atoms with Crippen molar-refractivity contribution in [2.75, 3.05) is 26.8 Å². The number of allylic oxidation sites excluding steroid dienone is 2. The highest BCUT2D eigenvalue weighted by atomic mass is 35.5. The molecule has 6 rings (SSSR count). The van der Waals surface area contributed by atoms with Crippen LogP contribution in [0.1, 0.15) is 67.7 Å². The number of imide groups is 1. The first kappa shape index (κ1) is 33.3. The number of methoxy groups -OCH3 is 1. The number of likely N-dealkylation sites (tertiary alicyclic amines) is 1. The minimum atomic E-state index is -0.676. The van der Waals surface area contributed by atoms with Gasteiger partial charge in [-0.25, -0.2) is 0 Å². The van der Waals surface area contributed by atoms with Crippen molar-refractivity contribution in [3.8, 4) is 11.5 Å². The van der Waals surface area contributed by atoms with Gasteiger partial charge < -0.3 is 14.6 Å². The number of amides is 2. The average Bonchev–Trinajstić information content (AvgIpc) is 3.55. The lowest BCUT2D eigenvalue weighted by Gasteiger charge is -2.35. The van der Waals surface area contributed by atoms with Gasteiger partial charge >= 0.3 is 5.97 Å². The molecule has 0 aromatic heterocycles. The summed E-state index contributed by atoms with van der Waals surface area (Å²) in [5, 5.41) is 10.2. The maximum atomic E-state index is 12.8. The molecule has 3 aliphatic carbocycles. The van der Waals surface area contributed by atoms with Gasteiger partial charge in [-0.05, 0) is 98.2 Å². The molecule has 8 nitrogen and oxygen atoms in total. The molecule has 0 spiro atoms. The topological polar surface area (TPSA) is 96.4 Å². The van der Waals surface area contributed by atoms with Crippen molar-refractivity contribution >= 4 is 41.8 Å². The Bertz CT molecular complexity index is 1410. The van der Waals surface area contributed by atoms with Crippen molar-refractivity contribution in [3.63, 3.8) is 0 Å². The first-order chi connectivity index (χ1) is 21.3. The summed E-state index contributed by atoms with van der Waals surface area (Å²) < 4.78 is 11.8. The van der Waals surface area contributed by atoms with Gasteiger partial charge in [0.2, 0.25) is 11.8 Å². The SMILES string of the molecule is COc1cc(CN(CC2CCC(C(=O)O)CC2)[C@H]2CCc3cc(Cl)ccc32)ccc1OCCN1C(=O)[C@H]2CC=CC[C@H]2C1=O.Cl. The maximum Gasteiger partial charge on any atom is 0.306 e. The second-order valence-corrected chi connectivity index (χ2v) is 13.1. The highest BCUT2D eigenvalue weighted by molar-refractivity contribution is 6.30. The number of halogens is 2. The van der Waals surface area contributed by atoms with E-state index < -0.39 is 5.97 Å². The standard InChI is InChI=1S/C35H41ClN2O6.ClH/c1-43-32-18-23(8-15-31(32)44-17-16-38-33(39)28-4-2-3-5-29(28)34(38)40)21-37(20-22-6-9-24(10-7-22)35(41)42)30-14-11-25-19-26(36)12-13-27(25)30;/h2-3,8,12-13,15,18-19,22,24,28-30H,4-7,9-11,14,16-17,20-21H2,1H3,(H,41,42);1H/t22?,24?,28-,29+,30-;/m0./s1. The van der Waals surface area contributed by atoms with Gasteiger partial charge in [-0.1, -0.05) is 35.9 Å². The zero-order chi connectivity index (χ0) is 30.8. The molecule has 1 saturated heterocycles. The van der Waals surface area contributed by atoms with Gasteiger partial charge in [0.25, 0.3) is 0 Å². The highest BCUT2D eigenvalue weighted by Gasteiger charge is 2.47. The van der Waals surface area contributed by atoms with Crippen LogP contribution in [0, 0.1) is 23.7 Å². The molecule has 2 aromatic carbocycles. The molecule has 0 unspecified atom stereocenters. The minimum Gasteiger partial charge on any atom is -0.493 e. The molecule has 2 fully saturated rings. The Morgan fingerprint density at radius 3 is 2.36 bits per heavy atom. The fourth-order valence-corrected chi connectivity index (χ4v) is 7.86. The molecule has 10 heteroatoms. The van der Waals surface area contributed by atoms with Crippen molar-refractivity contribution in [1.29, 1.82) is 0 Å². The smallest absolute Gasteiger partial charge is 0.306 e. The van der Waals surface area contributed by atoms with E-state index in [1.54, 1.807) is 7.11 Å². The number of carboxylic acids is 1. The summed E-state index contributed by atoms with van der Waals surface area (Å²) in [7, 11) is 1.62. The number of hydrogen-bond donors (Lipinski definition) is 1. The van der Waals surface area contributed by atoms with E-state index in [0.717, 1.165) is 62.2 Å². The first-order valence-electron chi connectivity index (χ1n) is 15.9. The molecule has 2 aromatic rings. The minimum absolute atomic E-state index is 0. The molecular formula is C35H42Cl2N2O6. The number of hydrogen-bond acceptors (Lipinski definition) is 6. The van der Waals surface area contributed by atoms with Crippen LogP contribution in [0.3, 0.4) is 0 Å². The summed E-state index contributed by atoms with van der Waals surface area (Å²) in [6.07, 6.45) is 10.5. The number of aryl methyl sites for hydroxylation is 1. The van der Waals surface area contributed by atoms with Crippen molar-refractivity contribution in [2.24, 2.45) is 23.7 Å². The van der Waals surface area contributed by atoms with Crippen LogP contribution in [-0.2, 0) is 27.3 Å². The van der Waals surface area contributed by atoms with E-state index in [1.165, 1.54) is 16.0 Å². The van der Waals surface area contributed by atoms with Gasteiger partial charge in [0, 0.05) is 24.2 Å². The van der Waals surface area contributed by atoms with Gasteiger partial charge in [0.1, 0.15) is 6.61 Å². The van der Waals surface area contributed by atoms with Crippen molar-refractivity contribution in [1.82, 2.24) is 9.80 Å². The number of carbonyl (C=O) groups excluding carboxylic acids is 2. The van der Waals surface area contributed by atoms with Crippen molar-refractivity contribution in [3.05, 3.63) is 70.3 Å². The zero-order valence-corrected chi connectivity index (χ0v) is 27.2. The Kier molecular flexibility index (Phi) is 10.8. The number of fused-ring (bicyclic) bond motifs is 2. The van der Waals surface area contributed by atoms with Crippen LogP contribution in [0.2, 0.25) is 5.02 Å². The molecular weight excluding hydrogens is 615 g/mol. The lowest BCUT2D eigenvalue weighted by atomic mass is 9.81. The average molecular weight is 658 g/mol. The van der Waals surface area contributed by atoms with Crippen LogP contribution < -0.4 is 9.47 Å². The molecule has 1 saturated carbocycles. The first-order valence-corrected chi connectivity index (χ1v) is 16.2. The highest BCUT2D eigenvalue weighted by Crippen LogP contribution is 2.41. The Hall–Kier alpha value is -3.07. The zero-order valence-electron chi connectivity index (χ0n) is 25.7. The fraction of sp³-hybridized carbons (Fsp3) is 0.514. The molecule has 0 bridgehead atoms. The number of benzene rings is 2. The summed E-state index contributed by atoms with van der Waals surface area (Å²) in [6.45, 7) is 2.04. The lowest BCUT2D eigenvalue weighted by molar-refractivity contribution is -0.143. The summed E-state index contributed by atoms with van der Waals surface area (Å²) in [4.78, 5) is 41.0. The Morgan fingerprint density at radius 1 is 0.978 bits per heavy atom. The van der Waals surface area contributed by atoms with Crippen molar-refractivity contribution in [2.45, 2.75) is 64.0 Å². The third kappa shape index (κ3) is 7.18. The van der Waals surface area contributed by atoms with Crippen LogP contribution >= 0.6 is 24.0 Å². The van der Waals surface area contributed by atoms with E-state index in [-0.39, 0.29) is 61.2 Å². The predicted molar refractivity (Wildman–Crippen MR) is 174 cm³/mol. The molecule has 1 N–H and O–H groups in total. The number of carboxylic acid groups (broad SMARTS) is 1. The van der Waals surface area contributed by atoms with Gasteiger partial charge in [0.15, 0.2) is 11.5 Å². The van der Waals surface area contributed by atoms with Crippen LogP contribution in [0.5, 0.6) is 11.5 Å². The third-order valence-electron chi connectivity index (χ3n) is 10.1. The third-order valence-corrected chi connectivity index (χ3v) is 10.3. The second kappa shape index (κ2) is 14.6. The number of rotatable bonds is 11. The van der Waals surface area contributed by atoms with Gasteiger partial charge in [0.05, 0.1) is 31.4 Å². The largest absolute Gasteiger partial charge is 0.493 e. The Morgan fingerprint density at radius 2 is 1.69 bits per heavy atom. The molecule has 0 radical (unpaired) electrons. The molecule has 242 valence electrons. The number of carbonyl (C=O) groups is 3. The van der Waals surface area contributed by atoms with E-state index >= 15 is 0 Å². The molecule has 4 aliphatic rings.